The first-order valence-corrected chi connectivity index (χ1v) is 14.4. The predicted octanol–water partition coefficient (Wildman–Crippen LogP) is 7.75. The van der Waals surface area contributed by atoms with Gasteiger partial charge in [-0.3, -0.25) is 0 Å². The van der Waals surface area contributed by atoms with Crippen molar-refractivity contribution < 1.29 is 14.2 Å². The number of aromatic nitrogens is 2. The second kappa shape index (κ2) is 8.79. The predicted molar refractivity (Wildman–Crippen MR) is 148 cm³/mol. The number of hydrogen-bond donors (Lipinski definition) is 1. The van der Waals surface area contributed by atoms with Gasteiger partial charge in [0.05, 0.1) is 30.4 Å². The highest BCUT2D eigenvalue weighted by Gasteiger charge is 2.58. The fraction of sp³-hybridized carbons (Fsp3) is 0.382. The number of hydrogen-bond acceptors (Lipinski definition) is 3. The summed E-state index contributed by atoms with van der Waals surface area (Å²) in [6, 6.07) is 23.7. The lowest BCUT2D eigenvalue weighted by atomic mass is 9.44. The molecule has 2 heterocycles. The molecule has 4 aromatic rings. The first kappa shape index (κ1) is 23.4. The van der Waals surface area contributed by atoms with Gasteiger partial charge in [-0.05, 0) is 97.4 Å². The Labute approximate surface area is 228 Å². The zero-order valence-electron chi connectivity index (χ0n) is 21.9. The van der Waals surface area contributed by atoms with Gasteiger partial charge >= 0.3 is 0 Å². The minimum atomic E-state index is -0.479. The lowest BCUT2D eigenvalue weighted by molar-refractivity contribution is -0.134. The van der Waals surface area contributed by atoms with Crippen LogP contribution < -0.4 is 4.74 Å². The number of imidazole rings is 1. The number of nitrogens with zero attached hydrogens (tertiary/aromatic N) is 2. The SMILES string of the molecule is OC(CC1c2c(F)cccc2-c2cncn21)C12CC3CC(C1)C(c1ccccc1Oc1ccccc1)C(C3)C2. The number of aliphatic hydroxyl groups is 1. The van der Waals surface area contributed by atoms with Crippen molar-refractivity contribution in [1.29, 1.82) is 0 Å². The molecule has 4 aliphatic carbocycles. The maximum Gasteiger partial charge on any atom is 0.130 e. The standard InChI is InChI=1S/C34H33FN2O2/c35-27-11-6-10-25-29-19-36-20-37(29)28(33(25)27)15-31(38)34-16-21-13-22(17-34)32(23(14-21)18-34)26-9-4-5-12-30(26)39-24-7-2-1-3-8-24/h1-12,19-23,28,31-32,38H,13-18H2. The number of benzene rings is 3. The Hall–Kier alpha value is -3.44. The summed E-state index contributed by atoms with van der Waals surface area (Å²) in [5.74, 6) is 3.81. The van der Waals surface area contributed by atoms with Crippen molar-refractivity contribution >= 4 is 0 Å². The number of rotatable bonds is 6. The Balaban J connectivity index is 1.08. The van der Waals surface area contributed by atoms with Crippen LogP contribution in [0.15, 0.2) is 85.3 Å². The molecule has 0 amide bonds. The summed E-state index contributed by atoms with van der Waals surface area (Å²) in [5.41, 5.74) is 3.78. The average molecular weight is 521 g/mol. The van der Waals surface area contributed by atoms with Crippen molar-refractivity contribution in [2.24, 2.45) is 23.2 Å². The molecule has 1 aromatic heterocycles. The van der Waals surface area contributed by atoms with Gasteiger partial charge in [0.1, 0.15) is 17.3 Å². The molecule has 5 aliphatic rings. The summed E-state index contributed by atoms with van der Waals surface area (Å²) in [7, 11) is 0. The molecule has 3 aromatic carbocycles. The van der Waals surface area contributed by atoms with Crippen molar-refractivity contribution in [3.05, 3.63) is 102 Å². The van der Waals surface area contributed by atoms with E-state index in [9.17, 15) is 5.11 Å². The lowest BCUT2D eigenvalue weighted by Crippen LogP contribution is -2.54. The van der Waals surface area contributed by atoms with Gasteiger partial charge in [-0.25, -0.2) is 9.37 Å². The average Bonchev–Trinajstić information content (AvgIpc) is 3.53. The summed E-state index contributed by atoms with van der Waals surface area (Å²) >= 11 is 0. The van der Waals surface area contributed by atoms with Gasteiger partial charge in [-0.15, -0.1) is 0 Å². The van der Waals surface area contributed by atoms with Crippen LogP contribution in [0.3, 0.4) is 0 Å². The zero-order chi connectivity index (χ0) is 26.1. The topological polar surface area (TPSA) is 47.3 Å². The van der Waals surface area contributed by atoms with Gasteiger partial charge in [0, 0.05) is 11.1 Å². The Bertz CT molecular complexity index is 1520. The fourth-order valence-corrected chi connectivity index (χ4v) is 9.16. The molecule has 39 heavy (non-hydrogen) atoms. The van der Waals surface area contributed by atoms with E-state index < -0.39 is 6.10 Å². The second-order valence-electron chi connectivity index (χ2n) is 12.5. The maximum atomic E-state index is 15.1. The summed E-state index contributed by atoms with van der Waals surface area (Å²) in [4.78, 5) is 4.35. The van der Waals surface area contributed by atoms with Crippen LogP contribution in [-0.2, 0) is 0 Å². The molecule has 4 saturated carbocycles. The van der Waals surface area contributed by atoms with Crippen LogP contribution in [-0.4, -0.2) is 20.8 Å². The first-order chi connectivity index (χ1) is 19.1. The van der Waals surface area contributed by atoms with Crippen molar-refractivity contribution in [2.45, 2.75) is 56.6 Å². The Kier molecular flexibility index (Phi) is 5.28. The monoisotopic (exact) mass is 520 g/mol. The Morgan fingerprint density at radius 3 is 2.54 bits per heavy atom. The highest BCUT2D eigenvalue weighted by molar-refractivity contribution is 5.69. The van der Waals surface area contributed by atoms with E-state index in [2.05, 4.69) is 33.8 Å². The van der Waals surface area contributed by atoms with Gasteiger partial charge < -0.3 is 14.4 Å². The molecule has 0 saturated heterocycles. The summed E-state index contributed by atoms with van der Waals surface area (Å²) in [6.07, 6.45) is 9.25. The minimum absolute atomic E-state index is 0.100. The molecule has 4 bridgehead atoms. The fourth-order valence-electron chi connectivity index (χ4n) is 9.16. The van der Waals surface area contributed by atoms with E-state index in [1.54, 1.807) is 18.5 Å². The van der Waals surface area contributed by atoms with E-state index in [1.165, 1.54) is 18.4 Å². The van der Waals surface area contributed by atoms with Gasteiger partial charge in [0.25, 0.3) is 0 Å². The molecule has 0 spiro atoms. The van der Waals surface area contributed by atoms with Crippen LogP contribution in [0, 0.1) is 29.0 Å². The molecule has 4 fully saturated rings. The summed E-state index contributed by atoms with van der Waals surface area (Å²) < 4.78 is 23.6. The number of ether oxygens (including phenoxy) is 1. The van der Waals surface area contributed by atoms with Crippen molar-refractivity contribution in [2.75, 3.05) is 0 Å². The van der Waals surface area contributed by atoms with Crippen molar-refractivity contribution in [3.63, 3.8) is 0 Å². The normalized spacial score (nSPS) is 30.7. The van der Waals surface area contributed by atoms with Gasteiger partial charge in [-0.2, -0.15) is 0 Å². The van der Waals surface area contributed by atoms with E-state index in [-0.39, 0.29) is 17.3 Å². The largest absolute Gasteiger partial charge is 0.457 e. The van der Waals surface area contributed by atoms with E-state index >= 15 is 4.39 Å². The smallest absolute Gasteiger partial charge is 0.130 e. The third-order valence-corrected chi connectivity index (χ3v) is 10.4. The molecule has 198 valence electrons. The van der Waals surface area contributed by atoms with Crippen LogP contribution in [0.1, 0.15) is 61.6 Å². The number of halogens is 1. The highest BCUT2D eigenvalue weighted by atomic mass is 19.1. The molecule has 0 radical (unpaired) electrons. The maximum absolute atomic E-state index is 15.1. The lowest BCUT2D eigenvalue weighted by Gasteiger charge is -2.62. The molecular formula is C34H33FN2O2. The van der Waals surface area contributed by atoms with Gasteiger partial charge in [0.15, 0.2) is 0 Å². The quantitative estimate of drug-likeness (QED) is 0.283. The third kappa shape index (κ3) is 3.62. The van der Waals surface area contributed by atoms with Crippen LogP contribution in [0.5, 0.6) is 11.5 Å². The number of fused-ring (bicyclic) bond motifs is 3. The first-order valence-electron chi connectivity index (χ1n) is 14.4. The summed E-state index contributed by atoms with van der Waals surface area (Å²) in [5, 5.41) is 12.0. The van der Waals surface area contributed by atoms with Crippen LogP contribution in [0.4, 0.5) is 4.39 Å². The van der Waals surface area contributed by atoms with Crippen LogP contribution in [0.2, 0.25) is 0 Å². The highest BCUT2D eigenvalue weighted by Crippen LogP contribution is 2.67. The van der Waals surface area contributed by atoms with Crippen molar-refractivity contribution in [1.82, 2.24) is 9.55 Å². The molecule has 4 nitrogen and oxygen atoms in total. The molecular weight excluding hydrogens is 487 g/mol. The molecule has 4 unspecified atom stereocenters. The van der Waals surface area contributed by atoms with Crippen LogP contribution in [0.25, 0.3) is 11.3 Å². The summed E-state index contributed by atoms with van der Waals surface area (Å²) in [6.45, 7) is 0. The molecule has 9 rings (SSSR count). The van der Waals surface area contributed by atoms with E-state index in [0.29, 0.717) is 35.7 Å². The number of para-hydroxylation sites is 2. The van der Waals surface area contributed by atoms with E-state index in [0.717, 1.165) is 42.0 Å². The molecule has 1 N–H and O–H groups in total. The van der Waals surface area contributed by atoms with Crippen LogP contribution >= 0.6 is 0 Å². The van der Waals surface area contributed by atoms with Gasteiger partial charge in [-0.1, -0.05) is 48.5 Å². The minimum Gasteiger partial charge on any atom is -0.457 e. The van der Waals surface area contributed by atoms with Gasteiger partial charge in [0.2, 0.25) is 0 Å². The molecule has 4 atom stereocenters. The second-order valence-corrected chi connectivity index (χ2v) is 12.5. The van der Waals surface area contributed by atoms with E-state index in [4.69, 9.17) is 4.74 Å². The Morgan fingerprint density at radius 2 is 1.72 bits per heavy atom. The van der Waals surface area contributed by atoms with E-state index in [1.807, 2.05) is 42.6 Å². The Morgan fingerprint density at radius 1 is 0.949 bits per heavy atom. The number of aliphatic hydroxyl groups excluding tert-OH is 1. The third-order valence-electron chi connectivity index (χ3n) is 10.4. The molecule has 5 heteroatoms. The van der Waals surface area contributed by atoms with Crippen molar-refractivity contribution in [3.8, 4) is 22.8 Å². The zero-order valence-corrected chi connectivity index (χ0v) is 21.9. The molecule has 1 aliphatic heterocycles.